The van der Waals surface area contributed by atoms with Crippen LogP contribution in [-0.2, 0) is 0 Å². The highest BCUT2D eigenvalue weighted by Gasteiger charge is 2.39. The van der Waals surface area contributed by atoms with Crippen LogP contribution in [-0.4, -0.2) is 60.9 Å². The molecule has 4 amide bonds. The normalized spacial score (nSPS) is 15.2. The standard InChI is InChI=1S/C28H16Cl4N4O4/c1-33-7-35-25(37)9-3-13(29)19-21-15(31)5-11-18-12(28(40)36(8-34-2)27(11)39)6-16(32)22(24(18)21)20-14(30)4-10(26(35)38)17(9)23(19)20/h3-6,33-34H,7-8H2,1-2H3. The van der Waals surface area contributed by atoms with E-state index in [2.05, 4.69) is 10.6 Å². The van der Waals surface area contributed by atoms with E-state index in [1.54, 1.807) is 14.1 Å². The van der Waals surface area contributed by atoms with Crippen LogP contribution in [0.4, 0.5) is 0 Å². The van der Waals surface area contributed by atoms with E-state index in [0.29, 0.717) is 43.1 Å². The smallest absolute Gasteiger partial charge is 0.262 e. The number of nitrogens with one attached hydrogen (secondary N) is 2. The van der Waals surface area contributed by atoms with E-state index in [0.717, 1.165) is 9.80 Å². The Kier molecular flexibility index (Phi) is 5.55. The zero-order valence-corrected chi connectivity index (χ0v) is 23.8. The fourth-order valence-corrected chi connectivity index (χ4v) is 7.35. The number of hydrogen-bond acceptors (Lipinski definition) is 6. The molecule has 200 valence electrons. The summed E-state index contributed by atoms with van der Waals surface area (Å²) in [7, 11) is 3.26. The van der Waals surface area contributed by atoms with Crippen LogP contribution in [0, 0.1) is 0 Å². The molecule has 0 saturated carbocycles. The summed E-state index contributed by atoms with van der Waals surface area (Å²) in [5.41, 5.74) is 0.948. The van der Waals surface area contributed by atoms with Gasteiger partial charge in [0.05, 0.1) is 35.6 Å². The van der Waals surface area contributed by atoms with Crippen molar-refractivity contribution in [3.63, 3.8) is 0 Å². The predicted octanol–water partition coefficient (Wildman–Crippen LogP) is 5.90. The zero-order chi connectivity index (χ0) is 28.4. The lowest BCUT2D eigenvalue weighted by Crippen LogP contribution is -2.44. The number of imide groups is 2. The van der Waals surface area contributed by atoms with E-state index in [4.69, 9.17) is 46.4 Å². The Bertz CT molecular complexity index is 1800. The Hall–Kier alpha value is -3.24. The van der Waals surface area contributed by atoms with Gasteiger partial charge >= 0.3 is 0 Å². The molecule has 2 N–H and O–H groups in total. The number of carbonyl (C=O) groups is 4. The third-order valence-electron chi connectivity index (χ3n) is 7.65. The molecule has 2 aliphatic heterocycles. The predicted molar refractivity (Wildman–Crippen MR) is 157 cm³/mol. The number of rotatable bonds is 4. The first-order chi connectivity index (χ1) is 19.1. The molecule has 5 aromatic carbocycles. The molecule has 12 heteroatoms. The molecule has 2 heterocycles. The fourth-order valence-electron chi connectivity index (χ4n) is 6.16. The van der Waals surface area contributed by atoms with Gasteiger partial charge in [-0.25, -0.2) is 0 Å². The van der Waals surface area contributed by atoms with Crippen LogP contribution in [0.3, 0.4) is 0 Å². The summed E-state index contributed by atoms with van der Waals surface area (Å²) in [5, 5.41) is 9.91. The summed E-state index contributed by atoms with van der Waals surface area (Å²) in [4.78, 5) is 56.0. The van der Waals surface area contributed by atoms with Crippen LogP contribution in [0.25, 0.3) is 43.1 Å². The highest BCUT2D eigenvalue weighted by molar-refractivity contribution is 6.56. The summed E-state index contributed by atoms with van der Waals surface area (Å²) in [6.07, 6.45) is 0. The molecule has 0 fully saturated rings. The molecule has 0 saturated heterocycles. The van der Waals surface area contributed by atoms with Gasteiger partial charge in [-0.1, -0.05) is 46.4 Å². The third kappa shape index (κ3) is 3.01. The molecule has 2 aliphatic rings. The highest BCUT2D eigenvalue weighted by Crippen LogP contribution is 2.53. The van der Waals surface area contributed by atoms with E-state index >= 15 is 0 Å². The monoisotopic (exact) mass is 612 g/mol. The second kappa shape index (κ2) is 8.63. The molecule has 40 heavy (non-hydrogen) atoms. The number of carbonyl (C=O) groups excluding carboxylic acids is 4. The zero-order valence-electron chi connectivity index (χ0n) is 20.8. The number of hydrogen-bond donors (Lipinski definition) is 2. The van der Waals surface area contributed by atoms with Gasteiger partial charge in [-0.2, -0.15) is 0 Å². The van der Waals surface area contributed by atoms with Crippen LogP contribution in [0.1, 0.15) is 41.4 Å². The van der Waals surface area contributed by atoms with Crippen LogP contribution in [0.5, 0.6) is 0 Å². The molecule has 0 aliphatic carbocycles. The van der Waals surface area contributed by atoms with Crippen LogP contribution < -0.4 is 10.6 Å². The Morgan fingerprint density at radius 2 is 0.725 bits per heavy atom. The Labute approximate surface area is 246 Å². The minimum atomic E-state index is -0.511. The van der Waals surface area contributed by atoms with E-state index < -0.39 is 23.6 Å². The molecule has 0 unspecified atom stereocenters. The minimum absolute atomic E-state index is 0.00464. The summed E-state index contributed by atoms with van der Waals surface area (Å²) < 4.78 is 0. The van der Waals surface area contributed by atoms with Gasteiger partial charge < -0.3 is 10.6 Å². The van der Waals surface area contributed by atoms with Crippen molar-refractivity contribution >= 4 is 113 Å². The maximum atomic E-state index is 13.5. The van der Waals surface area contributed by atoms with Crippen molar-refractivity contribution in [2.45, 2.75) is 0 Å². The summed E-state index contributed by atoms with van der Waals surface area (Å²) >= 11 is 27.6. The Morgan fingerprint density at radius 1 is 0.475 bits per heavy atom. The first-order valence-corrected chi connectivity index (χ1v) is 13.6. The van der Waals surface area contributed by atoms with Gasteiger partial charge in [-0.3, -0.25) is 29.0 Å². The van der Waals surface area contributed by atoms with Gasteiger partial charge in [0, 0.05) is 63.2 Å². The average Bonchev–Trinajstić information content (AvgIpc) is 2.92. The fraction of sp³-hybridized carbons (Fsp3) is 0.143. The quantitative estimate of drug-likeness (QED) is 0.149. The lowest BCUT2D eigenvalue weighted by atomic mass is 9.82. The average molecular weight is 614 g/mol. The SMILES string of the molecule is CNCN1C(=O)c2cc(Cl)c3c4c(Cl)cc5c6c(cc(Cl)c(c7c(Cl)cc(c2c37)C1=O)c64)C(=O)N(CNC)C5=O. The third-order valence-corrected chi connectivity index (χ3v) is 8.84. The lowest BCUT2D eigenvalue weighted by Gasteiger charge is -2.31. The lowest BCUT2D eigenvalue weighted by molar-refractivity contribution is 0.0586. The molecule has 0 aromatic heterocycles. The van der Waals surface area contributed by atoms with Crippen molar-refractivity contribution in [2.75, 3.05) is 27.4 Å². The summed E-state index contributed by atoms with van der Waals surface area (Å²) in [6.45, 7) is -0.00929. The molecule has 0 atom stereocenters. The number of halogens is 4. The number of nitrogens with zero attached hydrogens (tertiary/aromatic N) is 2. The summed E-state index contributed by atoms with van der Waals surface area (Å²) in [6, 6.07) is 6.06. The molecule has 5 aromatic rings. The Morgan fingerprint density at radius 3 is 0.950 bits per heavy atom. The Balaban J connectivity index is 1.75. The van der Waals surface area contributed by atoms with Gasteiger partial charge in [-0.15, -0.1) is 0 Å². The van der Waals surface area contributed by atoms with Gasteiger partial charge in [0.2, 0.25) is 0 Å². The van der Waals surface area contributed by atoms with Crippen molar-refractivity contribution < 1.29 is 19.2 Å². The largest absolute Gasteiger partial charge is 0.302 e. The van der Waals surface area contributed by atoms with Crippen LogP contribution >= 0.6 is 46.4 Å². The molecule has 0 bridgehead atoms. The second-order valence-corrected chi connectivity index (χ2v) is 11.4. The molecule has 0 radical (unpaired) electrons. The van der Waals surface area contributed by atoms with Gasteiger partial charge in [0.15, 0.2) is 0 Å². The maximum Gasteiger partial charge on any atom is 0.262 e. The molecule has 0 spiro atoms. The van der Waals surface area contributed by atoms with E-state index in [1.165, 1.54) is 24.3 Å². The number of fused-ring (bicyclic) bond motifs is 2. The maximum absolute atomic E-state index is 13.5. The molecule has 7 rings (SSSR count). The van der Waals surface area contributed by atoms with Crippen molar-refractivity contribution in [1.29, 1.82) is 0 Å². The first kappa shape index (κ1) is 25.7. The van der Waals surface area contributed by atoms with Crippen molar-refractivity contribution in [3.05, 3.63) is 66.6 Å². The molecular weight excluding hydrogens is 598 g/mol. The van der Waals surface area contributed by atoms with Crippen molar-refractivity contribution in [2.24, 2.45) is 0 Å². The number of amides is 4. The first-order valence-electron chi connectivity index (χ1n) is 12.1. The van der Waals surface area contributed by atoms with E-state index in [-0.39, 0.29) is 55.7 Å². The van der Waals surface area contributed by atoms with Gasteiger partial charge in [0.25, 0.3) is 23.6 Å². The van der Waals surface area contributed by atoms with Crippen LogP contribution in [0.2, 0.25) is 20.1 Å². The number of benzene rings is 5. The highest BCUT2D eigenvalue weighted by atomic mass is 35.5. The van der Waals surface area contributed by atoms with Crippen molar-refractivity contribution in [3.8, 4) is 0 Å². The van der Waals surface area contributed by atoms with Gasteiger partial charge in [-0.05, 0) is 38.4 Å². The van der Waals surface area contributed by atoms with Crippen LogP contribution in [0.15, 0.2) is 24.3 Å². The second-order valence-electron chi connectivity index (χ2n) is 9.72. The topological polar surface area (TPSA) is 98.8 Å². The van der Waals surface area contributed by atoms with E-state index in [1.807, 2.05) is 0 Å². The minimum Gasteiger partial charge on any atom is -0.302 e. The summed E-state index contributed by atoms with van der Waals surface area (Å²) in [5.74, 6) is -2.05. The van der Waals surface area contributed by atoms with Crippen molar-refractivity contribution in [1.82, 2.24) is 20.4 Å². The van der Waals surface area contributed by atoms with E-state index in [9.17, 15) is 19.2 Å². The molecule has 8 nitrogen and oxygen atoms in total. The van der Waals surface area contributed by atoms with Gasteiger partial charge in [0.1, 0.15) is 0 Å². The molecular formula is C28H16Cl4N4O4.